The summed E-state index contributed by atoms with van der Waals surface area (Å²) in [7, 11) is 4.38. The van der Waals surface area contributed by atoms with E-state index in [-0.39, 0.29) is 17.7 Å². The van der Waals surface area contributed by atoms with Crippen LogP contribution in [0.3, 0.4) is 0 Å². The van der Waals surface area contributed by atoms with Gasteiger partial charge in [0, 0.05) is 19.1 Å². The van der Waals surface area contributed by atoms with Crippen molar-refractivity contribution in [1.29, 1.82) is 0 Å². The van der Waals surface area contributed by atoms with E-state index in [0.29, 0.717) is 47.5 Å². The lowest BCUT2D eigenvalue weighted by molar-refractivity contribution is 0.0467. The van der Waals surface area contributed by atoms with E-state index in [1.165, 1.54) is 55.4 Å². The van der Waals surface area contributed by atoms with Crippen LogP contribution in [0, 0.1) is 0 Å². The van der Waals surface area contributed by atoms with Gasteiger partial charge in [-0.05, 0) is 19.1 Å². The number of rotatable bonds is 10. The lowest BCUT2D eigenvalue weighted by atomic mass is 10.2. The highest BCUT2D eigenvalue weighted by Crippen LogP contribution is 2.38. The smallest absolute Gasteiger partial charge is 0.338 e. The molecule has 11 heteroatoms. The van der Waals surface area contributed by atoms with E-state index in [4.69, 9.17) is 23.7 Å². The molecule has 0 spiro atoms. The van der Waals surface area contributed by atoms with E-state index in [2.05, 4.69) is 10.1 Å². The van der Waals surface area contributed by atoms with E-state index in [1.54, 1.807) is 0 Å². The maximum Gasteiger partial charge on any atom is 0.338 e. The number of benzene rings is 1. The largest absolute Gasteiger partial charge is 0.493 e. The van der Waals surface area contributed by atoms with Crippen molar-refractivity contribution < 1.29 is 28.5 Å². The standard InChI is InChI=1S/C20H23N3O7S/c1-5-29-7-6-16-22-23-17(24)10-13(21-20(23)31-16)11-30-19(25)12-8-14(26-2)18(28-4)15(9-12)27-3/h8-10H,5-7,11H2,1-4H3. The van der Waals surface area contributed by atoms with E-state index in [0.717, 1.165) is 5.01 Å². The Morgan fingerprint density at radius 1 is 1.10 bits per heavy atom. The lowest BCUT2D eigenvalue weighted by Gasteiger charge is -2.13. The van der Waals surface area contributed by atoms with Gasteiger partial charge in [-0.25, -0.2) is 9.78 Å². The number of esters is 1. The van der Waals surface area contributed by atoms with E-state index in [9.17, 15) is 9.59 Å². The molecule has 0 amide bonds. The van der Waals surface area contributed by atoms with Crippen LogP contribution in [0.15, 0.2) is 23.0 Å². The summed E-state index contributed by atoms with van der Waals surface area (Å²) in [5.74, 6) is 0.404. The van der Waals surface area contributed by atoms with Crippen LogP contribution in [-0.2, 0) is 22.5 Å². The summed E-state index contributed by atoms with van der Waals surface area (Å²) in [6.07, 6.45) is 0.590. The highest BCUT2D eigenvalue weighted by Gasteiger charge is 2.18. The molecule has 0 saturated carbocycles. The van der Waals surface area contributed by atoms with Crippen LogP contribution in [0.5, 0.6) is 17.2 Å². The summed E-state index contributed by atoms with van der Waals surface area (Å²) < 4.78 is 27.6. The SMILES string of the molecule is CCOCCc1nn2c(=O)cc(COC(=O)c3cc(OC)c(OC)c(OC)c3)nc2s1. The summed E-state index contributed by atoms with van der Waals surface area (Å²) in [5.41, 5.74) is 0.192. The van der Waals surface area contributed by atoms with Gasteiger partial charge in [-0.15, -0.1) is 0 Å². The fourth-order valence-electron chi connectivity index (χ4n) is 2.80. The first kappa shape index (κ1) is 22.5. The molecule has 0 saturated heterocycles. The van der Waals surface area contributed by atoms with Gasteiger partial charge in [0.25, 0.3) is 5.56 Å². The zero-order valence-electron chi connectivity index (χ0n) is 17.7. The van der Waals surface area contributed by atoms with Gasteiger partial charge < -0.3 is 23.7 Å². The summed E-state index contributed by atoms with van der Waals surface area (Å²) in [6.45, 7) is 2.87. The zero-order chi connectivity index (χ0) is 22.4. The maximum atomic E-state index is 12.5. The minimum absolute atomic E-state index is 0.173. The molecular formula is C20H23N3O7S. The number of carbonyl (C=O) groups is 1. The Morgan fingerprint density at radius 2 is 1.81 bits per heavy atom. The van der Waals surface area contributed by atoms with Gasteiger partial charge in [0.2, 0.25) is 10.7 Å². The van der Waals surface area contributed by atoms with Gasteiger partial charge in [0.05, 0.1) is 39.2 Å². The second kappa shape index (κ2) is 10.2. The molecule has 10 nitrogen and oxygen atoms in total. The molecule has 0 unspecified atom stereocenters. The molecular weight excluding hydrogens is 426 g/mol. The topological polar surface area (TPSA) is 110 Å². The van der Waals surface area contributed by atoms with E-state index >= 15 is 0 Å². The Bertz CT molecular complexity index is 1100. The van der Waals surface area contributed by atoms with Crippen molar-refractivity contribution in [2.75, 3.05) is 34.5 Å². The van der Waals surface area contributed by atoms with Crippen LogP contribution in [0.4, 0.5) is 0 Å². The average molecular weight is 449 g/mol. The number of hydrogen-bond donors (Lipinski definition) is 0. The Morgan fingerprint density at radius 3 is 2.42 bits per heavy atom. The van der Waals surface area contributed by atoms with Gasteiger partial charge in [0.15, 0.2) is 11.5 Å². The minimum atomic E-state index is -0.622. The van der Waals surface area contributed by atoms with Crippen molar-refractivity contribution in [1.82, 2.24) is 14.6 Å². The highest BCUT2D eigenvalue weighted by atomic mass is 32.1. The second-order valence-corrected chi connectivity index (χ2v) is 7.25. The highest BCUT2D eigenvalue weighted by molar-refractivity contribution is 7.16. The van der Waals surface area contributed by atoms with Crippen LogP contribution >= 0.6 is 11.3 Å². The molecule has 2 aromatic heterocycles. The number of nitrogens with zero attached hydrogens (tertiary/aromatic N) is 3. The minimum Gasteiger partial charge on any atom is -0.493 e. The number of methoxy groups -OCH3 is 3. The Kier molecular flexibility index (Phi) is 7.42. The van der Waals surface area contributed by atoms with Crippen molar-refractivity contribution in [3.8, 4) is 17.2 Å². The Balaban J connectivity index is 1.76. The second-order valence-electron chi connectivity index (χ2n) is 6.21. The fraction of sp³-hybridized carbons (Fsp3) is 0.400. The number of carbonyl (C=O) groups excluding carboxylic acids is 1. The van der Waals surface area contributed by atoms with Gasteiger partial charge in [-0.1, -0.05) is 11.3 Å². The third kappa shape index (κ3) is 5.12. The number of ether oxygens (including phenoxy) is 5. The van der Waals surface area contributed by atoms with Gasteiger partial charge >= 0.3 is 5.97 Å². The van der Waals surface area contributed by atoms with Crippen LogP contribution in [0.1, 0.15) is 28.0 Å². The molecule has 3 aromatic rings. The quantitative estimate of drug-likeness (QED) is 0.339. The lowest BCUT2D eigenvalue weighted by Crippen LogP contribution is -2.17. The Labute approximate surface area is 182 Å². The van der Waals surface area contributed by atoms with Crippen LogP contribution in [-0.4, -0.2) is 55.1 Å². The molecule has 0 fully saturated rings. The van der Waals surface area contributed by atoms with Crippen molar-refractivity contribution in [2.24, 2.45) is 0 Å². The predicted octanol–water partition coefficient (Wildman–Crippen LogP) is 2.11. The number of fused-ring (bicyclic) bond motifs is 1. The molecule has 0 aliphatic carbocycles. The van der Waals surface area contributed by atoms with Crippen molar-refractivity contribution in [2.45, 2.75) is 20.0 Å². The maximum absolute atomic E-state index is 12.5. The first-order valence-electron chi connectivity index (χ1n) is 9.44. The van der Waals surface area contributed by atoms with Crippen LogP contribution < -0.4 is 19.8 Å². The van der Waals surface area contributed by atoms with Crippen molar-refractivity contribution in [3.05, 3.63) is 44.8 Å². The van der Waals surface area contributed by atoms with E-state index in [1.807, 2.05) is 6.92 Å². The van der Waals surface area contributed by atoms with Gasteiger partial charge in [-0.2, -0.15) is 9.61 Å². The average Bonchev–Trinajstić information content (AvgIpc) is 3.20. The van der Waals surface area contributed by atoms with Crippen molar-refractivity contribution >= 4 is 22.3 Å². The zero-order valence-corrected chi connectivity index (χ0v) is 18.5. The number of aromatic nitrogens is 3. The van der Waals surface area contributed by atoms with Crippen molar-refractivity contribution in [3.63, 3.8) is 0 Å². The number of hydrogen-bond acceptors (Lipinski definition) is 10. The molecule has 0 radical (unpaired) electrons. The fourth-order valence-corrected chi connectivity index (χ4v) is 3.70. The molecule has 0 N–H and O–H groups in total. The third-order valence-corrected chi connectivity index (χ3v) is 5.22. The summed E-state index contributed by atoms with van der Waals surface area (Å²) >= 11 is 1.29. The summed E-state index contributed by atoms with van der Waals surface area (Å²) in [5, 5.41) is 5.00. The molecule has 31 heavy (non-hydrogen) atoms. The normalized spacial score (nSPS) is 10.8. The molecule has 3 rings (SSSR count). The molecule has 0 bridgehead atoms. The van der Waals surface area contributed by atoms with Crippen LogP contribution in [0.25, 0.3) is 4.96 Å². The first-order chi connectivity index (χ1) is 15.0. The Hall–Kier alpha value is -3.18. The molecule has 166 valence electrons. The molecule has 0 aliphatic rings. The van der Waals surface area contributed by atoms with Gasteiger partial charge in [0.1, 0.15) is 11.6 Å². The van der Waals surface area contributed by atoms with Gasteiger partial charge in [-0.3, -0.25) is 4.79 Å². The molecule has 0 atom stereocenters. The molecule has 0 aliphatic heterocycles. The molecule has 2 heterocycles. The third-order valence-electron chi connectivity index (χ3n) is 4.26. The first-order valence-corrected chi connectivity index (χ1v) is 10.3. The predicted molar refractivity (Wildman–Crippen MR) is 113 cm³/mol. The monoisotopic (exact) mass is 449 g/mol. The molecule has 1 aromatic carbocycles. The van der Waals surface area contributed by atoms with Crippen LogP contribution in [0.2, 0.25) is 0 Å². The summed E-state index contributed by atoms with van der Waals surface area (Å²) in [6, 6.07) is 4.27. The summed E-state index contributed by atoms with van der Waals surface area (Å²) in [4.78, 5) is 29.7. The van der Waals surface area contributed by atoms with E-state index < -0.39 is 5.97 Å².